The summed E-state index contributed by atoms with van der Waals surface area (Å²) < 4.78 is 24.8. The van der Waals surface area contributed by atoms with E-state index in [4.69, 9.17) is 20.9 Å². The minimum absolute atomic E-state index is 0.209. The minimum atomic E-state index is -0.573. The van der Waals surface area contributed by atoms with Crippen LogP contribution in [0.15, 0.2) is 35.7 Å². The lowest BCUT2D eigenvalue weighted by molar-refractivity contribution is 0.219. The molecule has 1 aliphatic heterocycles. The van der Waals surface area contributed by atoms with Gasteiger partial charge in [0.15, 0.2) is 11.6 Å². The molecular formula is C21H27FN6O2. The number of methoxy groups -OCH3 is 1. The van der Waals surface area contributed by atoms with Gasteiger partial charge in [0.2, 0.25) is 5.88 Å². The first-order valence-corrected chi connectivity index (χ1v) is 9.79. The van der Waals surface area contributed by atoms with E-state index in [-0.39, 0.29) is 17.7 Å². The molecule has 8 nitrogen and oxygen atoms in total. The molecular weight excluding hydrogens is 387 g/mol. The van der Waals surface area contributed by atoms with Crippen molar-refractivity contribution < 1.29 is 13.9 Å². The number of nitrogen functional groups attached to an aromatic ring is 1. The van der Waals surface area contributed by atoms with E-state index in [1.165, 1.54) is 19.4 Å². The number of rotatable bonds is 7. The van der Waals surface area contributed by atoms with E-state index < -0.39 is 11.9 Å². The zero-order valence-corrected chi connectivity index (χ0v) is 17.1. The van der Waals surface area contributed by atoms with E-state index in [9.17, 15) is 4.39 Å². The summed E-state index contributed by atoms with van der Waals surface area (Å²) in [5.74, 6) is 0.355. The van der Waals surface area contributed by atoms with Crippen LogP contribution >= 0.6 is 0 Å². The Bertz CT molecular complexity index is 928. The summed E-state index contributed by atoms with van der Waals surface area (Å²) in [6.45, 7) is 3.67. The smallest absolute Gasteiger partial charge is 0.220 e. The molecule has 9 heteroatoms. The van der Waals surface area contributed by atoms with Gasteiger partial charge < -0.3 is 26.3 Å². The van der Waals surface area contributed by atoms with Gasteiger partial charge in [-0.15, -0.1) is 0 Å². The van der Waals surface area contributed by atoms with Crippen LogP contribution in [0.3, 0.4) is 0 Å². The largest absolute Gasteiger partial charge is 0.482 e. The number of piperidine rings is 1. The normalized spacial score (nSPS) is 16.6. The SMILES string of the molecule is COc1ncc(F)cc1C(C)Oc1cc(C(C=NC2CCNCC2)=CN)cnc1N. The quantitative estimate of drug-likeness (QED) is 0.595. The summed E-state index contributed by atoms with van der Waals surface area (Å²) in [4.78, 5) is 12.8. The molecule has 0 saturated carbocycles. The summed E-state index contributed by atoms with van der Waals surface area (Å²) in [6.07, 6.45) is 7.35. The van der Waals surface area contributed by atoms with Gasteiger partial charge in [0.05, 0.1) is 24.9 Å². The van der Waals surface area contributed by atoms with Gasteiger partial charge >= 0.3 is 0 Å². The fraction of sp³-hybridized carbons (Fsp3) is 0.381. The molecule has 3 rings (SSSR count). The maximum absolute atomic E-state index is 13.7. The van der Waals surface area contributed by atoms with Crippen LogP contribution in [0.25, 0.3) is 5.57 Å². The Balaban J connectivity index is 1.80. The molecule has 3 heterocycles. The Morgan fingerprint density at radius 3 is 2.77 bits per heavy atom. The minimum Gasteiger partial charge on any atom is -0.482 e. The van der Waals surface area contributed by atoms with Crippen LogP contribution in [-0.2, 0) is 0 Å². The van der Waals surface area contributed by atoms with E-state index in [1.807, 2.05) is 0 Å². The third-order valence-electron chi connectivity index (χ3n) is 4.91. The highest BCUT2D eigenvalue weighted by Gasteiger charge is 2.18. The van der Waals surface area contributed by atoms with Crippen molar-refractivity contribution >= 4 is 17.6 Å². The number of nitrogens with zero attached hydrogens (tertiary/aromatic N) is 3. The van der Waals surface area contributed by atoms with Crippen molar-refractivity contribution in [1.29, 1.82) is 0 Å². The van der Waals surface area contributed by atoms with Crippen LogP contribution in [0.1, 0.15) is 37.0 Å². The summed E-state index contributed by atoms with van der Waals surface area (Å²) in [7, 11) is 1.47. The predicted molar refractivity (Wildman–Crippen MR) is 115 cm³/mol. The molecule has 0 amide bonds. The third-order valence-corrected chi connectivity index (χ3v) is 4.91. The fourth-order valence-corrected chi connectivity index (χ4v) is 3.22. The van der Waals surface area contributed by atoms with Gasteiger partial charge in [0.25, 0.3) is 0 Å². The Labute approximate surface area is 175 Å². The van der Waals surface area contributed by atoms with Crippen molar-refractivity contribution in [3.63, 3.8) is 0 Å². The topological polar surface area (TPSA) is 121 Å². The summed E-state index contributed by atoms with van der Waals surface area (Å²) in [5.41, 5.74) is 13.7. The monoisotopic (exact) mass is 414 g/mol. The van der Waals surface area contributed by atoms with Gasteiger partial charge in [-0.25, -0.2) is 14.4 Å². The lowest BCUT2D eigenvalue weighted by atomic mass is 10.1. The van der Waals surface area contributed by atoms with Gasteiger partial charge in [0.1, 0.15) is 11.9 Å². The Morgan fingerprint density at radius 2 is 2.07 bits per heavy atom. The number of anilines is 1. The van der Waals surface area contributed by atoms with E-state index in [2.05, 4.69) is 20.3 Å². The number of hydrogen-bond acceptors (Lipinski definition) is 8. The standard InChI is InChI=1S/C21H27FN6O2/c1-13(18-8-16(22)12-28-21(18)29-2)30-19-7-14(10-27-20(19)24)15(9-23)11-26-17-3-5-25-6-4-17/h7-13,17,25H,3-6,23H2,1-2H3,(H2,24,27). The van der Waals surface area contributed by atoms with Crippen LogP contribution in [0.4, 0.5) is 10.2 Å². The molecule has 5 N–H and O–H groups in total. The highest BCUT2D eigenvalue weighted by Crippen LogP contribution is 2.31. The third kappa shape index (κ3) is 5.24. The molecule has 0 radical (unpaired) electrons. The summed E-state index contributed by atoms with van der Waals surface area (Å²) >= 11 is 0. The lowest BCUT2D eigenvalue weighted by Crippen LogP contribution is -2.29. The number of pyridine rings is 2. The molecule has 1 fully saturated rings. The maximum atomic E-state index is 13.7. The van der Waals surface area contributed by atoms with E-state index in [0.717, 1.165) is 37.7 Å². The van der Waals surface area contributed by atoms with Gasteiger partial charge in [-0.05, 0) is 45.0 Å². The first-order valence-electron chi connectivity index (χ1n) is 9.79. The van der Waals surface area contributed by atoms with Crippen molar-refractivity contribution in [3.05, 3.63) is 47.7 Å². The number of ether oxygens (including phenoxy) is 2. The number of nitrogens with two attached hydrogens (primary N) is 2. The average Bonchev–Trinajstić information content (AvgIpc) is 2.76. The molecule has 1 unspecified atom stereocenters. The van der Waals surface area contributed by atoms with E-state index in [0.29, 0.717) is 16.9 Å². The molecule has 1 atom stereocenters. The number of aliphatic imine (C=N–C) groups is 1. The predicted octanol–water partition coefficient (Wildman–Crippen LogP) is 2.47. The van der Waals surface area contributed by atoms with Gasteiger partial charge in [-0.1, -0.05) is 0 Å². The highest BCUT2D eigenvalue weighted by molar-refractivity contribution is 6.09. The lowest BCUT2D eigenvalue weighted by Gasteiger charge is -2.19. The number of hydrogen-bond donors (Lipinski definition) is 3. The van der Waals surface area contributed by atoms with Gasteiger partial charge in [-0.2, -0.15) is 0 Å². The van der Waals surface area contributed by atoms with Crippen molar-refractivity contribution in [1.82, 2.24) is 15.3 Å². The fourth-order valence-electron chi connectivity index (χ4n) is 3.22. The zero-order valence-electron chi connectivity index (χ0n) is 17.1. The van der Waals surface area contributed by atoms with Crippen molar-refractivity contribution in [2.45, 2.75) is 31.9 Å². The molecule has 0 bridgehead atoms. The van der Waals surface area contributed by atoms with Crippen molar-refractivity contribution in [2.24, 2.45) is 10.7 Å². The second-order valence-corrected chi connectivity index (χ2v) is 7.00. The Morgan fingerprint density at radius 1 is 1.30 bits per heavy atom. The van der Waals surface area contributed by atoms with Crippen LogP contribution in [0, 0.1) is 5.82 Å². The number of halogens is 1. The average molecular weight is 414 g/mol. The number of nitrogens with one attached hydrogen (secondary N) is 1. The molecule has 0 spiro atoms. The van der Waals surface area contributed by atoms with E-state index in [1.54, 1.807) is 25.4 Å². The molecule has 1 saturated heterocycles. The summed E-state index contributed by atoms with van der Waals surface area (Å²) in [6, 6.07) is 3.33. The van der Waals surface area contributed by atoms with E-state index >= 15 is 0 Å². The van der Waals surface area contributed by atoms with Gasteiger partial charge in [0, 0.05) is 29.7 Å². The zero-order chi connectivity index (χ0) is 21.5. The second kappa shape index (κ2) is 10.0. The molecule has 30 heavy (non-hydrogen) atoms. The Kier molecular flexibility index (Phi) is 7.18. The molecule has 160 valence electrons. The maximum Gasteiger partial charge on any atom is 0.220 e. The van der Waals surface area contributed by atoms with Crippen molar-refractivity contribution in [2.75, 3.05) is 25.9 Å². The molecule has 2 aromatic rings. The molecule has 0 aromatic carbocycles. The Hall–Kier alpha value is -3.20. The van der Waals surface area contributed by atoms with Crippen LogP contribution in [0.2, 0.25) is 0 Å². The first-order chi connectivity index (χ1) is 14.5. The summed E-state index contributed by atoms with van der Waals surface area (Å²) in [5, 5.41) is 3.31. The van der Waals surface area contributed by atoms with Crippen LogP contribution < -0.4 is 26.3 Å². The second-order valence-electron chi connectivity index (χ2n) is 7.00. The number of aromatic nitrogens is 2. The molecule has 1 aliphatic rings. The molecule has 0 aliphatic carbocycles. The van der Waals surface area contributed by atoms with Crippen LogP contribution in [0.5, 0.6) is 11.6 Å². The molecule has 2 aromatic heterocycles. The highest BCUT2D eigenvalue weighted by atomic mass is 19.1. The number of allylic oxidation sites excluding steroid dienone is 1. The van der Waals surface area contributed by atoms with Crippen LogP contribution in [-0.4, -0.2) is 42.4 Å². The van der Waals surface area contributed by atoms with Crippen molar-refractivity contribution in [3.8, 4) is 11.6 Å². The van der Waals surface area contributed by atoms with Gasteiger partial charge in [-0.3, -0.25) is 4.99 Å². The first kappa shape index (κ1) is 21.5.